The van der Waals surface area contributed by atoms with Crippen LogP contribution in [0.2, 0.25) is 0 Å². The fourth-order valence-electron chi connectivity index (χ4n) is 2.44. The third-order valence-electron chi connectivity index (χ3n) is 3.55. The van der Waals surface area contributed by atoms with Crippen LogP contribution in [0.4, 0.5) is 26.3 Å². The molecule has 1 aliphatic carbocycles. The molecule has 0 saturated heterocycles. The average molecular weight is 317 g/mol. The number of nitrogens with zero attached hydrogens (tertiary/aromatic N) is 1. The van der Waals surface area contributed by atoms with E-state index in [4.69, 9.17) is 5.26 Å². The third-order valence-corrected chi connectivity index (χ3v) is 3.55. The lowest BCUT2D eigenvalue weighted by molar-refractivity contribution is -0.180. The third kappa shape index (κ3) is 2.61. The number of allylic oxidation sites excluding steroid dienone is 4. The summed E-state index contributed by atoms with van der Waals surface area (Å²) in [5.74, 6) is 0. The molecule has 0 heterocycles. The molecular weight excluding hydrogens is 308 g/mol. The Balaban J connectivity index is 2.66. The van der Waals surface area contributed by atoms with Gasteiger partial charge in [0.05, 0.1) is 11.6 Å². The molecular formula is C15H9F6N. The molecule has 1 atom stereocenters. The number of hydrogen-bond acceptors (Lipinski definition) is 1. The van der Waals surface area contributed by atoms with E-state index in [2.05, 4.69) is 0 Å². The van der Waals surface area contributed by atoms with Gasteiger partial charge in [0.15, 0.2) is 0 Å². The zero-order valence-electron chi connectivity index (χ0n) is 11.0. The Labute approximate surface area is 122 Å². The Hall–Kier alpha value is -2.23. The van der Waals surface area contributed by atoms with Gasteiger partial charge in [0.2, 0.25) is 0 Å². The Kier molecular flexibility index (Phi) is 3.81. The minimum absolute atomic E-state index is 0.298. The van der Waals surface area contributed by atoms with Crippen LogP contribution in [0.3, 0.4) is 0 Å². The first-order chi connectivity index (χ1) is 10.1. The van der Waals surface area contributed by atoms with E-state index in [1.165, 1.54) is 12.1 Å². The van der Waals surface area contributed by atoms with Gasteiger partial charge in [-0.15, -0.1) is 0 Å². The van der Waals surface area contributed by atoms with Gasteiger partial charge in [-0.25, -0.2) is 0 Å². The lowest BCUT2D eigenvalue weighted by Crippen LogP contribution is -2.43. The lowest BCUT2D eigenvalue weighted by atomic mass is 9.70. The average Bonchev–Trinajstić information content (AvgIpc) is 2.45. The zero-order chi connectivity index (χ0) is 16.6. The summed E-state index contributed by atoms with van der Waals surface area (Å²) in [4.78, 5) is 0. The largest absolute Gasteiger partial charge is 0.412 e. The van der Waals surface area contributed by atoms with Crippen molar-refractivity contribution in [1.29, 1.82) is 5.26 Å². The fourth-order valence-corrected chi connectivity index (χ4v) is 2.44. The molecule has 0 N–H and O–H groups in total. The molecule has 0 saturated carbocycles. The highest BCUT2D eigenvalue weighted by molar-refractivity contribution is 5.49. The Bertz CT molecular complexity index is 674. The monoisotopic (exact) mass is 317 g/mol. The maximum absolute atomic E-state index is 13.6. The quantitative estimate of drug-likeness (QED) is 0.682. The van der Waals surface area contributed by atoms with Gasteiger partial charge >= 0.3 is 12.4 Å². The molecule has 0 spiro atoms. The van der Waals surface area contributed by atoms with Gasteiger partial charge in [-0.2, -0.15) is 31.6 Å². The predicted octanol–water partition coefficient (Wildman–Crippen LogP) is 4.81. The SMILES string of the molecule is N#Cc1ccccc1C1(C(F)(F)F)C=CC=C(C(F)(F)F)C1. The van der Waals surface area contributed by atoms with E-state index >= 15 is 0 Å². The van der Waals surface area contributed by atoms with E-state index in [-0.39, 0.29) is 5.56 Å². The molecule has 1 aromatic carbocycles. The molecule has 7 heteroatoms. The maximum Gasteiger partial charge on any atom is 0.412 e. The van der Waals surface area contributed by atoms with Crippen molar-refractivity contribution in [2.24, 2.45) is 0 Å². The van der Waals surface area contributed by atoms with Crippen LogP contribution in [0.1, 0.15) is 17.5 Å². The highest BCUT2D eigenvalue weighted by atomic mass is 19.4. The van der Waals surface area contributed by atoms with E-state index < -0.39 is 35.3 Å². The normalized spacial score (nSPS) is 22.1. The van der Waals surface area contributed by atoms with Gasteiger partial charge in [-0.05, 0) is 18.1 Å². The Morgan fingerprint density at radius 3 is 2.23 bits per heavy atom. The van der Waals surface area contributed by atoms with Crippen LogP contribution in [0, 0.1) is 11.3 Å². The van der Waals surface area contributed by atoms with Crippen LogP contribution >= 0.6 is 0 Å². The van der Waals surface area contributed by atoms with E-state index in [1.807, 2.05) is 0 Å². The van der Waals surface area contributed by atoms with Gasteiger partial charge in [0.25, 0.3) is 0 Å². The van der Waals surface area contributed by atoms with Gasteiger partial charge in [-0.1, -0.05) is 36.4 Å². The molecule has 0 radical (unpaired) electrons. The van der Waals surface area contributed by atoms with Crippen LogP contribution in [-0.4, -0.2) is 12.4 Å². The molecule has 0 aliphatic heterocycles. The zero-order valence-corrected chi connectivity index (χ0v) is 11.0. The first kappa shape index (κ1) is 16.1. The van der Waals surface area contributed by atoms with Crippen molar-refractivity contribution in [3.8, 4) is 6.07 Å². The maximum atomic E-state index is 13.6. The number of hydrogen-bond donors (Lipinski definition) is 0. The van der Waals surface area contributed by atoms with Crippen LogP contribution in [0.5, 0.6) is 0 Å². The molecule has 22 heavy (non-hydrogen) atoms. The summed E-state index contributed by atoms with van der Waals surface area (Å²) in [7, 11) is 0. The molecule has 1 nitrogen and oxygen atoms in total. The van der Waals surface area contributed by atoms with Crippen molar-refractivity contribution in [1.82, 2.24) is 0 Å². The Morgan fingerprint density at radius 1 is 1.05 bits per heavy atom. The summed E-state index contributed by atoms with van der Waals surface area (Å²) in [6.45, 7) is 0. The number of nitriles is 1. The standard InChI is InChI=1S/C15H9F6N/c16-14(17,18)11-5-3-7-13(8-11,15(19,20)21)12-6-2-1-4-10(12)9-22/h1-7H,8H2. The molecule has 0 aromatic heterocycles. The summed E-state index contributed by atoms with van der Waals surface area (Å²) < 4.78 is 79.3. The first-order valence-corrected chi connectivity index (χ1v) is 6.14. The van der Waals surface area contributed by atoms with Gasteiger partial charge in [-0.3, -0.25) is 0 Å². The molecule has 2 rings (SSSR count). The molecule has 1 aromatic rings. The summed E-state index contributed by atoms with van der Waals surface area (Å²) in [6.07, 6.45) is -9.06. The Morgan fingerprint density at radius 2 is 1.68 bits per heavy atom. The number of halogens is 6. The van der Waals surface area contributed by atoms with Crippen molar-refractivity contribution in [2.75, 3.05) is 0 Å². The van der Waals surface area contributed by atoms with Crippen molar-refractivity contribution in [3.63, 3.8) is 0 Å². The van der Waals surface area contributed by atoms with Crippen molar-refractivity contribution in [3.05, 3.63) is 59.2 Å². The molecule has 0 bridgehead atoms. The number of benzene rings is 1. The van der Waals surface area contributed by atoms with Gasteiger partial charge < -0.3 is 0 Å². The first-order valence-electron chi connectivity index (χ1n) is 6.14. The van der Waals surface area contributed by atoms with Crippen LogP contribution in [0.25, 0.3) is 0 Å². The van der Waals surface area contributed by atoms with E-state index in [0.29, 0.717) is 12.2 Å². The minimum Gasteiger partial charge on any atom is -0.192 e. The molecule has 0 amide bonds. The second-order valence-corrected chi connectivity index (χ2v) is 4.85. The van der Waals surface area contributed by atoms with Crippen LogP contribution in [-0.2, 0) is 5.41 Å². The fraction of sp³-hybridized carbons (Fsp3) is 0.267. The van der Waals surface area contributed by atoms with E-state index in [9.17, 15) is 26.3 Å². The molecule has 116 valence electrons. The number of alkyl halides is 6. The summed E-state index contributed by atoms with van der Waals surface area (Å²) in [6, 6.07) is 6.43. The van der Waals surface area contributed by atoms with E-state index in [1.54, 1.807) is 6.07 Å². The van der Waals surface area contributed by atoms with Gasteiger partial charge in [0, 0.05) is 5.57 Å². The van der Waals surface area contributed by atoms with E-state index in [0.717, 1.165) is 18.2 Å². The van der Waals surface area contributed by atoms with Crippen molar-refractivity contribution in [2.45, 2.75) is 24.2 Å². The van der Waals surface area contributed by atoms with Crippen molar-refractivity contribution < 1.29 is 26.3 Å². The highest BCUT2D eigenvalue weighted by Crippen LogP contribution is 2.51. The smallest absolute Gasteiger partial charge is 0.192 e. The van der Waals surface area contributed by atoms with Crippen molar-refractivity contribution >= 4 is 0 Å². The molecule has 1 unspecified atom stereocenters. The summed E-state index contributed by atoms with van der Waals surface area (Å²) in [5.41, 5.74) is -4.91. The van der Waals surface area contributed by atoms with Crippen LogP contribution < -0.4 is 0 Å². The van der Waals surface area contributed by atoms with Gasteiger partial charge in [0.1, 0.15) is 5.41 Å². The summed E-state index contributed by atoms with van der Waals surface area (Å²) in [5, 5.41) is 8.98. The molecule has 1 aliphatic rings. The second kappa shape index (κ2) is 5.20. The summed E-state index contributed by atoms with van der Waals surface area (Å²) >= 11 is 0. The lowest BCUT2D eigenvalue weighted by Gasteiger charge is -2.37. The number of rotatable bonds is 1. The predicted molar refractivity (Wildman–Crippen MR) is 66.8 cm³/mol. The minimum atomic E-state index is -4.97. The molecule has 0 fully saturated rings. The highest BCUT2D eigenvalue weighted by Gasteiger charge is 2.58. The van der Waals surface area contributed by atoms with Crippen LogP contribution in [0.15, 0.2) is 48.1 Å². The second-order valence-electron chi connectivity index (χ2n) is 4.85. The topological polar surface area (TPSA) is 23.8 Å².